The molecule has 0 bridgehead atoms. The SMILES string of the molecule is OB(O)Oc1ccc(OCc2ccccc2)c2c1CCCC2. The van der Waals surface area contributed by atoms with Gasteiger partial charge in [0, 0.05) is 5.56 Å². The molecule has 22 heavy (non-hydrogen) atoms. The molecule has 3 rings (SSSR count). The fourth-order valence-electron chi connectivity index (χ4n) is 2.90. The Balaban J connectivity index is 1.82. The molecule has 0 fully saturated rings. The molecule has 2 aromatic rings. The predicted molar refractivity (Wildman–Crippen MR) is 84.7 cm³/mol. The molecule has 0 radical (unpaired) electrons. The maximum absolute atomic E-state index is 9.03. The van der Waals surface area contributed by atoms with E-state index >= 15 is 0 Å². The summed E-state index contributed by atoms with van der Waals surface area (Å²) in [5, 5.41) is 18.1. The topological polar surface area (TPSA) is 58.9 Å². The van der Waals surface area contributed by atoms with E-state index in [1.165, 1.54) is 0 Å². The van der Waals surface area contributed by atoms with Crippen molar-refractivity contribution in [2.75, 3.05) is 0 Å². The first-order valence-electron chi connectivity index (χ1n) is 7.58. The van der Waals surface area contributed by atoms with Gasteiger partial charge in [0.1, 0.15) is 18.1 Å². The van der Waals surface area contributed by atoms with Crippen LogP contribution in [-0.4, -0.2) is 17.4 Å². The lowest BCUT2D eigenvalue weighted by Crippen LogP contribution is -2.22. The van der Waals surface area contributed by atoms with Gasteiger partial charge in [-0.25, -0.2) is 0 Å². The van der Waals surface area contributed by atoms with Crippen LogP contribution in [0.3, 0.4) is 0 Å². The summed E-state index contributed by atoms with van der Waals surface area (Å²) in [6.07, 6.45) is 3.99. The number of hydrogen-bond donors (Lipinski definition) is 2. The lowest BCUT2D eigenvalue weighted by molar-refractivity contribution is 0.283. The third kappa shape index (κ3) is 3.43. The smallest absolute Gasteiger partial charge is 0.512 e. The van der Waals surface area contributed by atoms with Crippen LogP contribution in [0.25, 0.3) is 0 Å². The summed E-state index contributed by atoms with van der Waals surface area (Å²) in [5.41, 5.74) is 3.28. The summed E-state index contributed by atoms with van der Waals surface area (Å²) in [6.45, 7) is 0.524. The molecule has 0 aromatic heterocycles. The van der Waals surface area contributed by atoms with Crippen molar-refractivity contribution >= 4 is 7.32 Å². The summed E-state index contributed by atoms with van der Waals surface area (Å²) in [4.78, 5) is 0. The van der Waals surface area contributed by atoms with E-state index in [-0.39, 0.29) is 0 Å². The second kappa shape index (κ2) is 6.86. The Labute approximate surface area is 130 Å². The molecule has 0 atom stereocenters. The molecule has 0 spiro atoms. The van der Waals surface area contributed by atoms with Crippen molar-refractivity contribution in [3.63, 3.8) is 0 Å². The largest absolute Gasteiger partial charge is 0.707 e. The second-order valence-corrected chi connectivity index (χ2v) is 5.44. The first kappa shape index (κ1) is 14.9. The summed E-state index contributed by atoms with van der Waals surface area (Å²) in [7, 11) is -1.79. The Morgan fingerprint density at radius 2 is 1.50 bits per heavy atom. The average Bonchev–Trinajstić information content (AvgIpc) is 2.55. The molecule has 2 N–H and O–H groups in total. The van der Waals surface area contributed by atoms with Crippen LogP contribution in [0.2, 0.25) is 0 Å². The van der Waals surface area contributed by atoms with Crippen molar-refractivity contribution in [3.8, 4) is 11.5 Å². The van der Waals surface area contributed by atoms with E-state index in [9.17, 15) is 0 Å². The van der Waals surface area contributed by atoms with Crippen molar-refractivity contribution in [2.45, 2.75) is 32.3 Å². The molecule has 0 amide bonds. The van der Waals surface area contributed by atoms with Gasteiger partial charge < -0.3 is 19.4 Å². The standard InChI is InChI=1S/C17H19BO4/c19-18(20)22-17-11-10-16(14-8-4-5-9-15(14)17)21-12-13-6-2-1-3-7-13/h1-3,6-7,10-11,19-20H,4-5,8-9,12H2. The van der Waals surface area contributed by atoms with Gasteiger partial charge in [0.15, 0.2) is 0 Å². The highest BCUT2D eigenvalue weighted by atomic mass is 16.6. The van der Waals surface area contributed by atoms with Gasteiger partial charge in [0.25, 0.3) is 0 Å². The highest BCUT2D eigenvalue weighted by Gasteiger charge is 2.21. The summed E-state index contributed by atoms with van der Waals surface area (Å²) in [6, 6.07) is 13.6. The molecule has 0 aliphatic heterocycles. The highest BCUT2D eigenvalue weighted by Crippen LogP contribution is 2.36. The minimum Gasteiger partial charge on any atom is -0.512 e. The molecule has 2 aromatic carbocycles. The third-order valence-corrected chi connectivity index (χ3v) is 3.92. The van der Waals surface area contributed by atoms with E-state index in [0.29, 0.717) is 12.4 Å². The zero-order chi connectivity index (χ0) is 15.4. The van der Waals surface area contributed by atoms with Crippen molar-refractivity contribution in [2.24, 2.45) is 0 Å². The minimum atomic E-state index is -1.79. The van der Waals surface area contributed by atoms with E-state index < -0.39 is 7.32 Å². The van der Waals surface area contributed by atoms with Gasteiger partial charge in [-0.15, -0.1) is 0 Å². The first-order valence-corrected chi connectivity index (χ1v) is 7.58. The molecule has 4 nitrogen and oxygen atoms in total. The monoisotopic (exact) mass is 298 g/mol. The minimum absolute atomic E-state index is 0.524. The van der Waals surface area contributed by atoms with Crippen LogP contribution in [0, 0.1) is 0 Å². The van der Waals surface area contributed by atoms with Gasteiger partial charge >= 0.3 is 7.32 Å². The summed E-state index contributed by atoms with van der Waals surface area (Å²) >= 11 is 0. The number of ether oxygens (including phenoxy) is 1. The Bertz CT molecular complexity index is 628. The Morgan fingerprint density at radius 1 is 0.864 bits per heavy atom. The average molecular weight is 298 g/mol. The molecule has 5 heteroatoms. The van der Waals surface area contributed by atoms with Crippen LogP contribution < -0.4 is 9.39 Å². The van der Waals surface area contributed by atoms with Gasteiger partial charge in [-0.1, -0.05) is 30.3 Å². The number of benzene rings is 2. The van der Waals surface area contributed by atoms with Crippen LogP contribution >= 0.6 is 0 Å². The van der Waals surface area contributed by atoms with Gasteiger partial charge in [0.2, 0.25) is 0 Å². The van der Waals surface area contributed by atoms with E-state index in [4.69, 9.17) is 19.4 Å². The lowest BCUT2D eigenvalue weighted by Gasteiger charge is -2.22. The summed E-state index contributed by atoms with van der Waals surface area (Å²) < 4.78 is 11.1. The number of rotatable bonds is 5. The zero-order valence-electron chi connectivity index (χ0n) is 12.4. The van der Waals surface area contributed by atoms with Crippen LogP contribution in [0.5, 0.6) is 11.5 Å². The quantitative estimate of drug-likeness (QED) is 0.833. The fourth-order valence-corrected chi connectivity index (χ4v) is 2.90. The Morgan fingerprint density at radius 3 is 2.18 bits per heavy atom. The van der Waals surface area contributed by atoms with Crippen molar-refractivity contribution in [3.05, 3.63) is 59.2 Å². The molecule has 0 saturated carbocycles. The van der Waals surface area contributed by atoms with Gasteiger partial charge in [-0.2, -0.15) is 0 Å². The van der Waals surface area contributed by atoms with Gasteiger partial charge in [-0.05, 0) is 48.9 Å². The van der Waals surface area contributed by atoms with Crippen molar-refractivity contribution in [1.29, 1.82) is 0 Å². The van der Waals surface area contributed by atoms with Crippen LogP contribution in [0.1, 0.15) is 29.5 Å². The third-order valence-electron chi connectivity index (χ3n) is 3.92. The molecule has 0 saturated heterocycles. The van der Waals surface area contributed by atoms with Crippen molar-refractivity contribution < 1.29 is 19.4 Å². The molecule has 1 aliphatic carbocycles. The van der Waals surface area contributed by atoms with Gasteiger partial charge in [-0.3, -0.25) is 0 Å². The molecule has 0 heterocycles. The van der Waals surface area contributed by atoms with Crippen LogP contribution in [0.15, 0.2) is 42.5 Å². The molecule has 114 valence electrons. The predicted octanol–water partition coefficient (Wildman–Crippen LogP) is 2.49. The lowest BCUT2D eigenvalue weighted by atomic mass is 9.90. The maximum atomic E-state index is 9.03. The summed E-state index contributed by atoms with van der Waals surface area (Å²) in [5.74, 6) is 1.40. The van der Waals surface area contributed by atoms with Gasteiger partial charge in [0.05, 0.1) is 0 Å². The normalized spacial score (nSPS) is 13.4. The Hall–Kier alpha value is -1.98. The zero-order valence-corrected chi connectivity index (χ0v) is 12.4. The molecule has 0 unspecified atom stereocenters. The van der Waals surface area contributed by atoms with E-state index in [0.717, 1.165) is 48.1 Å². The first-order chi connectivity index (χ1) is 10.7. The van der Waals surface area contributed by atoms with Crippen LogP contribution in [-0.2, 0) is 19.4 Å². The second-order valence-electron chi connectivity index (χ2n) is 5.44. The number of fused-ring (bicyclic) bond motifs is 1. The number of hydrogen-bond acceptors (Lipinski definition) is 4. The van der Waals surface area contributed by atoms with Crippen molar-refractivity contribution in [1.82, 2.24) is 0 Å². The maximum Gasteiger partial charge on any atom is 0.707 e. The van der Waals surface area contributed by atoms with E-state index in [1.54, 1.807) is 6.07 Å². The highest BCUT2D eigenvalue weighted by molar-refractivity contribution is 6.33. The van der Waals surface area contributed by atoms with Crippen LogP contribution in [0.4, 0.5) is 0 Å². The molecular weight excluding hydrogens is 279 g/mol. The molecule has 1 aliphatic rings. The van der Waals surface area contributed by atoms with E-state index in [2.05, 4.69) is 0 Å². The Kier molecular flexibility index (Phi) is 4.66. The molecular formula is C17H19BO4. The fraction of sp³-hybridized carbons (Fsp3) is 0.294. The van der Waals surface area contributed by atoms with E-state index in [1.807, 2.05) is 36.4 Å².